The Morgan fingerprint density at radius 1 is 1.05 bits per heavy atom. The van der Waals surface area contributed by atoms with Crippen molar-refractivity contribution in [2.24, 2.45) is 5.10 Å². The molecule has 0 unspecified atom stereocenters. The zero-order valence-electron chi connectivity index (χ0n) is 11.4. The predicted octanol–water partition coefficient (Wildman–Crippen LogP) is 1.79. The van der Waals surface area contributed by atoms with Crippen LogP contribution in [0.3, 0.4) is 0 Å². The van der Waals surface area contributed by atoms with Gasteiger partial charge in [0.1, 0.15) is 0 Å². The van der Waals surface area contributed by atoms with Gasteiger partial charge in [-0.05, 0) is 37.6 Å². The zero-order chi connectivity index (χ0) is 13.8. The number of hydrogen-bond donors (Lipinski definition) is 0. The third kappa shape index (κ3) is 2.73. The van der Waals surface area contributed by atoms with Crippen LogP contribution in [0.4, 0.5) is 0 Å². The summed E-state index contributed by atoms with van der Waals surface area (Å²) in [5.74, 6) is 2.85. The SMILES string of the molecule is COc1ccc(/C=N/n2c(C)nnc2C)cc1OC. The molecule has 0 bridgehead atoms. The van der Waals surface area contributed by atoms with Crippen LogP contribution < -0.4 is 9.47 Å². The van der Waals surface area contributed by atoms with E-state index in [9.17, 15) is 0 Å². The summed E-state index contributed by atoms with van der Waals surface area (Å²) in [5, 5.41) is 12.2. The van der Waals surface area contributed by atoms with Gasteiger partial charge in [0.15, 0.2) is 23.1 Å². The minimum absolute atomic E-state index is 0.670. The lowest BCUT2D eigenvalue weighted by Crippen LogP contribution is -1.97. The first kappa shape index (κ1) is 13.1. The molecule has 0 aliphatic rings. The van der Waals surface area contributed by atoms with Crippen molar-refractivity contribution < 1.29 is 9.47 Å². The first-order valence-corrected chi connectivity index (χ1v) is 5.80. The molecule has 100 valence electrons. The van der Waals surface area contributed by atoms with Crippen LogP contribution in [0.1, 0.15) is 17.2 Å². The van der Waals surface area contributed by atoms with Crippen LogP contribution in [0.5, 0.6) is 11.5 Å². The molecule has 0 N–H and O–H groups in total. The summed E-state index contributed by atoms with van der Waals surface area (Å²) < 4.78 is 12.1. The normalized spacial score (nSPS) is 10.9. The summed E-state index contributed by atoms with van der Waals surface area (Å²) >= 11 is 0. The molecule has 0 fully saturated rings. The predicted molar refractivity (Wildman–Crippen MR) is 72.0 cm³/mol. The standard InChI is InChI=1S/C13H16N4O2/c1-9-15-16-10(2)17(9)14-8-11-5-6-12(18-3)13(7-11)19-4/h5-8H,1-4H3/b14-8+. The van der Waals surface area contributed by atoms with Crippen LogP contribution in [0.15, 0.2) is 23.3 Å². The van der Waals surface area contributed by atoms with Crippen LogP contribution in [0.2, 0.25) is 0 Å². The van der Waals surface area contributed by atoms with E-state index >= 15 is 0 Å². The van der Waals surface area contributed by atoms with Crippen LogP contribution >= 0.6 is 0 Å². The number of rotatable bonds is 4. The zero-order valence-corrected chi connectivity index (χ0v) is 11.4. The van der Waals surface area contributed by atoms with E-state index in [0.29, 0.717) is 11.5 Å². The summed E-state index contributed by atoms with van der Waals surface area (Å²) in [6.07, 6.45) is 1.73. The maximum absolute atomic E-state index is 5.24. The van der Waals surface area contributed by atoms with Crippen LogP contribution in [0, 0.1) is 13.8 Å². The van der Waals surface area contributed by atoms with Gasteiger partial charge >= 0.3 is 0 Å². The van der Waals surface area contributed by atoms with Gasteiger partial charge in [-0.25, -0.2) is 4.68 Å². The minimum Gasteiger partial charge on any atom is -0.493 e. The Morgan fingerprint density at radius 3 is 2.26 bits per heavy atom. The van der Waals surface area contributed by atoms with Gasteiger partial charge in [-0.3, -0.25) is 0 Å². The summed E-state index contributed by atoms with van der Waals surface area (Å²) in [7, 11) is 3.21. The van der Waals surface area contributed by atoms with E-state index in [4.69, 9.17) is 9.47 Å². The minimum atomic E-state index is 0.670. The van der Waals surface area contributed by atoms with E-state index in [2.05, 4.69) is 15.3 Å². The van der Waals surface area contributed by atoms with E-state index in [-0.39, 0.29) is 0 Å². The molecule has 2 rings (SSSR count). The highest BCUT2D eigenvalue weighted by Gasteiger charge is 2.04. The van der Waals surface area contributed by atoms with Crippen LogP contribution in [-0.2, 0) is 0 Å². The highest BCUT2D eigenvalue weighted by molar-refractivity contribution is 5.80. The van der Waals surface area contributed by atoms with Crippen LogP contribution in [0.25, 0.3) is 0 Å². The maximum Gasteiger partial charge on any atom is 0.161 e. The molecule has 0 radical (unpaired) electrons. The Kier molecular flexibility index (Phi) is 3.79. The van der Waals surface area contributed by atoms with Crippen molar-refractivity contribution >= 4 is 6.21 Å². The molecule has 1 aromatic carbocycles. The Labute approximate surface area is 111 Å². The molecule has 0 amide bonds. The molecule has 1 heterocycles. The Balaban J connectivity index is 2.29. The average Bonchev–Trinajstić information content (AvgIpc) is 2.75. The number of ether oxygens (including phenoxy) is 2. The van der Waals surface area contributed by atoms with E-state index in [1.54, 1.807) is 25.1 Å². The maximum atomic E-state index is 5.24. The smallest absolute Gasteiger partial charge is 0.161 e. The van der Waals surface area contributed by atoms with Gasteiger partial charge in [0.25, 0.3) is 0 Å². The molecule has 6 nitrogen and oxygen atoms in total. The Bertz CT molecular complexity index is 585. The third-order valence-electron chi connectivity index (χ3n) is 2.68. The molecule has 0 aliphatic carbocycles. The van der Waals surface area contributed by atoms with Crippen molar-refractivity contribution in [1.29, 1.82) is 0 Å². The molecule has 0 atom stereocenters. The average molecular weight is 260 g/mol. The quantitative estimate of drug-likeness (QED) is 0.786. The van der Waals surface area contributed by atoms with E-state index in [1.807, 2.05) is 32.0 Å². The van der Waals surface area contributed by atoms with E-state index in [0.717, 1.165) is 17.2 Å². The van der Waals surface area contributed by atoms with Crippen molar-refractivity contribution in [2.45, 2.75) is 13.8 Å². The first-order valence-electron chi connectivity index (χ1n) is 5.80. The van der Waals surface area contributed by atoms with Gasteiger partial charge in [0.05, 0.1) is 20.4 Å². The summed E-state index contributed by atoms with van der Waals surface area (Å²) in [4.78, 5) is 0. The summed E-state index contributed by atoms with van der Waals surface area (Å²) in [6, 6.07) is 5.60. The lowest BCUT2D eigenvalue weighted by molar-refractivity contribution is 0.355. The summed E-state index contributed by atoms with van der Waals surface area (Å²) in [5.41, 5.74) is 0.908. The van der Waals surface area contributed by atoms with Gasteiger partial charge in [-0.15, -0.1) is 10.2 Å². The van der Waals surface area contributed by atoms with Crippen molar-refractivity contribution in [1.82, 2.24) is 14.9 Å². The lowest BCUT2D eigenvalue weighted by Gasteiger charge is -2.07. The van der Waals surface area contributed by atoms with Gasteiger partial charge in [0, 0.05) is 0 Å². The highest BCUT2D eigenvalue weighted by Crippen LogP contribution is 2.26. The molecule has 2 aromatic rings. The first-order chi connectivity index (χ1) is 9.15. The molecular weight excluding hydrogens is 244 g/mol. The number of hydrogen-bond acceptors (Lipinski definition) is 5. The van der Waals surface area contributed by atoms with Crippen LogP contribution in [-0.4, -0.2) is 35.3 Å². The molecule has 19 heavy (non-hydrogen) atoms. The van der Waals surface area contributed by atoms with Gasteiger partial charge in [0.2, 0.25) is 0 Å². The van der Waals surface area contributed by atoms with Crippen molar-refractivity contribution in [3.8, 4) is 11.5 Å². The largest absolute Gasteiger partial charge is 0.493 e. The summed E-state index contributed by atoms with van der Waals surface area (Å²) in [6.45, 7) is 3.71. The molecule has 6 heteroatoms. The second kappa shape index (κ2) is 5.51. The van der Waals surface area contributed by atoms with E-state index in [1.165, 1.54) is 0 Å². The monoisotopic (exact) mass is 260 g/mol. The Morgan fingerprint density at radius 2 is 1.68 bits per heavy atom. The fraction of sp³-hybridized carbons (Fsp3) is 0.308. The second-order valence-electron chi connectivity index (χ2n) is 3.97. The molecule has 0 spiro atoms. The topological polar surface area (TPSA) is 61.5 Å². The number of benzene rings is 1. The molecule has 0 aliphatic heterocycles. The number of aryl methyl sites for hydroxylation is 2. The van der Waals surface area contributed by atoms with E-state index < -0.39 is 0 Å². The fourth-order valence-corrected chi connectivity index (χ4v) is 1.69. The molecular formula is C13H16N4O2. The molecule has 1 aromatic heterocycles. The molecule has 0 saturated carbocycles. The molecule has 0 saturated heterocycles. The third-order valence-corrected chi connectivity index (χ3v) is 2.68. The van der Waals surface area contributed by atoms with Crippen molar-refractivity contribution in [3.05, 3.63) is 35.4 Å². The van der Waals surface area contributed by atoms with Gasteiger partial charge in [-0.2, -0.15) is 5.10 Å². The van der Waals surface area contributed by atoms with Gasteiger partial charge < -0.3 is 9.47 Å². The lowest BCUT2D eigenvalue weighted by atomic mass is 10.2. The fourth-order valence-electron chi connectivity index (χ4n) is 1.69. The number of methoxy groups -OCH3 is 2. The van der Waals surface area contributed by atoms with Crippen molar-refractivity contribution in [3.63, 3.8) is 0 Å². The highest BCUT2D eigenvalue weighted by atomic mass is 16.5. The second-order valence-corrected chi connectivity index (χ2v) is 3.97. The number of nitrogens with zero attached hydrogens (tertiary/aromatic N) is 4. The number of aromatic nitrogens is 3. The van der Waals surface area contributed by atoms with Crippen molar-refractivity contribution in [2.75, 3.05) is 14.2 Å². The van der Waals surface area contributed by atoms with Gasteiger partial charge in [-0.1, -0.05) is 0 Å². The Hall–Kier alpha value is -2.37.